The van der Waals surface area contributed by atoms with Crippen molar-refractivity contribution < 1.29 is 19.4 Å². The summed E-state index contributed by atoms with van der Waals surface area (Å²) >= 11 is 7.74. The zero-order valence-corrected chi connectivity index (χ0v) is 19.3. The van der Waals surface area contributed by atoms with Gasteiger partial charge in [-0.1, -0.05) is 30.7 Å². The molecule has 6 nitrogen and oxygen atoms in total. The lowest BCUT2D eigenvalue weighted by atomic mass is 9.99. The number of carbonyl (C=O) groups is 2. The van der Waals surface area contributed by atoms with Crippen LogP contribution in [0.15, 0.2) is 41.8 Å². The fourth-order valence-corrected chi connectivity index (χ4v) is 4.93. The van der Waals surface area contributed by atoms with Crippen LogP contribution in [0, 0.1) is 18.8 Å². The molecule has 3 aromatic rings. The van der Waals surface area contributed by atoms with Gasteiger partial charge in [0.05, 0.1) is 11.6 Å². The number of aryl methyl sites for hydroxylation is 1. The van der Waals surface area contributed by atoms with Gasteiger partial charge < -0.3 is 14.7 Å². The second kappa shape index (κ2) is 9.30. The van der Waals surface area contributed by atoms with E-state index in [4.69, 9.17) is 21.3 Å². The number of anilines is 1. The number of carbonyl (C=O) groups excluding carboxylic acids is 1. The first-order valence-corrected chi connectivity index (χ1v) is 11.5. The SMILES string of the molecule is Cc1cc(C=O)ccc1COc1ccc(Cl)cc1-c1csc(N2CC(C)C(C(=O)O)C2)n1. The number of halogens is 1. The van der Waals surface area contributed by atoms with Gasteiger partial charge in [-0.15, -0.1) is 11.3 Å². The first-order valence-electron chi connectivity index (χ1n) is 10.3. The summed E-state index contributed by atoms with van der Waals surface area (Å²) in [5, 5.41) is 12.7. The molecule has 8 heteroatoms. The summed E-state index contributed by atoms with van der Waals surface area (Å²) in [5.41, 5.74) is 4.12. The molecule has 0 bridgehead atoms. The minimum absolute atomic E-state index is 0.0683. The van der Waals surface area contributed by atoms with Gasteiger partial charge in [0, 0.05) is 34.6 Å². The Labute approximate surface area is 195 Å². The number of hydrogen-bond donors (Lipinski definition) is 1. The third kappa shape index (κ3) is 4.64. The standard InChI is InChI=1S/C24H23ClN2O4S/c1-14-7-16(11-28)3-4-17(14)12-31-22-6-5-18(25)8-19(22)21-13-32-24(26-21)27-9-15(2)20(10-27)23(29)30/h3-8,11,13,15,20H,9-10,12H2,1-2H3,(H,29,30). The molecular weight excluding hydrogens is 448 g/mol. The zero-order valence-electron chi connectivity index (χ0n) is 17.7. The molecule has 0 spiro atoms. The zero-order chi connectivity index (χ0) is 22.8. The highest BCUT2D eigenvalue weighted by atomic mass is 35.5. The number of aromatic nitrogens is 1. The lowest BCUT2D eigenvalue weighted by Gasteiger charge is -2.14. The van der Waals surface area contributed by atoms with Crippen LogP contribution in [0.2, 0.25) is 5.02 Å². The minimum Gasteiger partial charge on any atom is -0.488 e. The Balaban J connectivity index is 1.55. The predicted molar refractivity (Wildman–Crippen MR) is 126 cm³/mol. The number of hydrogen-bond acceptors (Lipinski definition) is 6. The van der Waals surface area contributed by atoms with Crippen molar-refractivity contribution in [3.63, 3.8) is 0 Å². The number of carboxylic acids is 1. The largest absolute Gasteiger partial charge is 0.488 e. The highest BCUT2D eigenvalue weighted by molar-refractivity contribution is 7.14. The van der Waals surface area contributed by atoms with E-state index in [1.54, 1.807) is 12.1 Å². The van der Waals surface area contributed by atoms with Gasteiger partial charge in [0.2, 0.25) is 0 Å². The number of carboxylic acid groups (broad SMARTS) is 1. The molecule has 0 amide bonds. The monoisotopic (exact) mass is 470 g/mol. The van der Waals surface area contributed by atoms with E-state index in [-0.39, 0.29) is 11.8 Å². The number of ether oxygens (including phenoxy) is 1. The topological polar surface area (TPSA) is 79.7 Å². The highest BCUT2D eigenvalue weighted by Gasteiger charge is 2.36. The van der Waals surface area contributed by atoms with Gasteiger partial charge in [0.15, 0.2) is 5.13 Å². The highest BCUT2D eigenvalue weighted by Crippen LogP contribution is 2.37. The number of aldehydes is 1. The molecule has 1 aliphatic rings. The lowest BCUT2D eigenvalue weighted by molar-refractivity contribution is -0.142. The number of rotatable bonds is 7. The molecule has 2 heterocycles. The van der Waals surface area contributed by atoms with Crippen LogP contribution in [-0.4, -0.2) is 35.4 Å². The first kappa shape index (κ1) is 22.3. The van der Waals surface area contributed by atoms with Crippen LogP contribution < -0.4 is 9.64 Å². The summed E-state index contributed by atoms with van der Waals surface area (Å²) in [6, 6.07) is 10.9. The van der Waals surface area contributed by atoms with E-state index in [9.17, 15) is 14.7 Å². The van der Waals surface area contributed by atoms with Crippen molar-refractivity contribution in [3.8, 4) is 17.0 Å². The molecule has 1 aromatic heterocycles. The Morgan fingerprint density at radius 2 is 2.12 bits per heavy atom. The van der Waals surface area contributed by atoms with Gasteiger partial charge in [-0.25, -0.2) is 4.98 Å². The third-order valence-electron chi connectivity index (χ3n) is 5.80. The number of benzene rings is 2. The Kier molecular flexibility index (Phi) is 6.48. The minimum atomic E-state index is -0.765. The van der Waals surface area contributed by atoms with E-state index >= 15 is 0 Å². The number of nitrogens with zero attached hydrogens (tertiary/aromatic N) is 2. The van der Waals surface area contributed by atoms with E-state index in [1.807, 2.05) is 48.4 Å². The molecule has 2 unspecified atom stereocenters. The van der Waals surface area contributed by atoms with Crippen LogP contribution in [0.4, 0.5) is 5.13 Å². The summed E-state index contributed by atoms with van der Waals surface area (Å²) < 4.78 is 6.11. The van der Waals surface area contributed by atoms with Gasteiger partial charge >= 0.3 is 5.97 Å². The Hall–Kier alpha value is -2.90. The fourth-order valence-electron chi connectivity index (χ4n) is 3.92. The fraction of sp³-hybridized carbons (Fsp3) is 0.292. The molecule has 1 saturated heterocycles. The van der Waals surface area contributed by atoms with Crippen LogP contribution in [-0.2, 0) is 11.4 Å². The van der Waals surface area contributed by atoms with Gasteiger partial charge in [-0.3, -0.25) is 9.59 Å². The maximum Gasteiger partial charge on any atom is 0.308 e. The molecule has 32 heavy (non-hydrogen) atoms. The van der Waals surface area contributed by atoms with Crippen LogP contribution in [0.3, 0.4) is 0 Å². The van der Waals surface area contributed by atoms with Crippen molar-refractivity contribution in [2.45, 2.75) is 20.5 Å². The number of thiazole rings is 1. The van der Waals surface area contributed by atoms with Crippen LogP contribution in [0.5, 0.6) is 5.75 Å². The molecule has 2 aromatic carbocycles. The van der Waals surface area contributed by atoms with E-state index in [1.165, 1.54) is 11.3 Å². The maximum atomic E-state index is 11.5. The van der Waals surface area contributed by atoms with Gasteiger partial charge in [-0.05, 0) is 48.2 Å². The molecule has 2 atom stereocenters. The Morgan fingerprint density at radius 3 is 2.81 bits per heavy atom. The van der Waals surface area contributed by atoms with E-state index in [2.05, 4.69) is 0 Å². The molecule has 1 fully saturated rings. The quantitative estimate of drug-likeness (QED) is 0.471. The van der Waals surface area contributed by atoms with Gasteiger partial charge in [0.25, 0.3) is 0 Å². The number of aliphatic carboxylic acids is 1. The summed E-state index contributed by atoms with van der Waals surface area (Å²) in [6.45, 7) is 5.38. The van der Waals surface area contributed by atoms with Crippen molar-refractivity contribution >= 4 is 40.3 Å². The van der Waals surface area contributed by atoms with E-state index in [0.29, 0.717) is 36.0 Å². The van der Waals surface area contributed by atoms with Crippen molar-refractivity contribution in [2.24, 2.45) is 11.8 Å². The van der Waals surface area contributed by atoms with Crippen molar-refractivity contribution in [1.29, 1.82) is 0 Å². The van der Waals surface area contributed by atoms with E-state index < -0.39 is 5.97 Å². The average molecular weight is 471 g/mol. The average Bonchev–Trinajstić information content (AvgIpc) is 3.40. The predicted octanol–water partition coefficient (Wildman–Crippen LogP) is 5.32. The Bertz CT molecular complexity index is 1160. The second-order valence-corrected chi connectivity index (χ2v) is 9.35. The first-order chi connectivity index (χ1) is 15.4. The smallest absolute Gasteiger partial charge is 0.308 e. The third-order valence-corrected chi connectivity index (χ3v) is 6.93. The van der Waals surface area contributed by atoms with Crippen molar-refractivity contribution in [2.75, 3.05) is 18.0 Å². The molecule has 4 rings (SSSR count). The van der Waals surface area contributed by atoms with E-state index in [0.717, 1.165) is 33.8 Å². The van der Waals surface area contributed by atoms with Crippen LogP contribution in [0.1, 0.15) is 28.4 Å². The summed E-state index contributed by atoms with van der Waals surface area (Å²) in [5.74, 6) is -0.429. The lowest BCUT2D eigenvalue weighted by Crippen LogP contribution is -2.22. The van der Waals surface area contributed by atoms with Crippen molar-refractivity contribution in [1.82, 2.24) is 4.98 Å². The summed E-state index contributed by atoms with van der Waals surface area (Å²) in [7, 11) is 0. The molecule has 1 aliphatic heterocycles. The molecule has 0 aliphatic carbocycles. The van der Waals surface area contributed by atoms with Gasteiger partial charge in [-0.2, -0.15) is 0 Å². The Morgan fingerprint density at radius 1 is 1.31 bits per heavy atom. The normalized spacial score (nSPS) is 18.0. The molecule has 1 N–H and O–H groups in total. The van der Waals surface area contributed by atoms with Crippen molar-refractivity contribution in [3.05, 3.63) is 63.5 Å². The van der Waals surface area contributed by atoms with Crippen LogP contribution >= 0.6 is 22.9 Å². The molecule has 0 radical (unpaired) electrons. The molecule has 166 valence electrons. The molecule has 0 saturated carbocycles. The maximum absolute atomic E-state index is 11.5. The van der Waals surface area contributed by atoms with Gasteiger partial charge in [0.1, 0.15) is 18.6 Å². The summed E-state index contributed by atoms with van der Waals surface area (Å²) in [4.78, 5) is 29.2. The van der Waals surface area contributed by atoms with Crippen LogP contribution in [0.25, 0.3) is 11.3 Å². The molecular formula is C24H23ClN2O4S. The summed E-state index contributed by atoms with van der Waals surface area (Å²) in [6.07, 6.45) is 0.828. The second-order valence-electron chi connectivity index (χ2n) is 8.08.